The molecule has 1 N–H and O–H groups in total. The van der Waals surface area contributed by atoms with Crippen LogP contribution in [0, 0.1) is 10.1 Å². The number of carbonyl (C=O) groups is 1. The number of nitro benzene ring substituents is 1. The van der Waals surface area contributed by atoms with Gasteiger partial charge in [0.1, 0.15) is 0 Å². The Morgan fingerprint density at radius 2 is 2.00 bits per heavy atom. The minimum Gasteiger partial charge on any atom is -0.465 e. The van der Waals surface area contributed by atoms with Crippen LogP contribution in [0.3, 0.4) is 0 Å². The molecule has 0 amide bonds. The van der Waals surface area contributed by atoms with Crippen molar-refractivity contribution in [1.29, 1.82) is 0 Å². The van der Waals surface area contributed by atoms with Crippen molar-refractivity contribution in [1.82, 2.24) is 0 Å². The van der Waals surface area contributed by atoms with Crippen molar-refractivity contribution in [2.75, 3.05) is 19.5 Å². The summed E-state index contributed by atoms with van der Waals surface area (Å²) in [6, 6.07) is 1.50. The lowest BCUT2D eigenvalue weighted by Gasteiger charge is -2.14. The van der Waals surface area contributed by atoms with Crippen LogP contribution in [0.25, 0.3) is 0 Å². The topological polar surface area (TPSA) is 90.7 Å². The van der Waals surface area contributed by atoms with Crippen LogP contribution in [-0.2, 0) is 4.74 Å². The third-order valence-corrected chi connectivity index (χ3v) is 2.17. The van der Waals surface area contributed by atoms with Gasteiger partial charge in [-0.05, 0) is 6.07 Å². The number of esters is 1. The Kier molecular flexibility index (Phi) is 4.38. The molecule has 0 radical (unpaired) electrons. The van der Waals surface area contributed by atoms with Crippen molar-refractivity contribution in [3.05, 3.63) is 27.8 Å². The molecule has 1 rings (SSSR count). The molecule has 0 atom stereocenters. The van der Waals surface area contributed by atoms with Crippen LogP contribution >= 0.6 is 0 Å². The number of nitrogens with one attached hydrogen (secondary N) is 1. The first kappa shape index (κ1) is 15.5. The Hall–Kier alpha value is -2.52. The van der Waals surface area contributed by atoms with Crippen molar-refractivity contribution < 1.29 is 32.4 Å². The summed E-state index contributed by atoms with van der Waals surface area (Å²) in [6.07, 6.45) is -5.06. The minimum atomic E-state index is -5.06. The number of ether oxygens (including phenoxy) is 2. The average Bonchev–Trinajstić information content (AvgIpc) is 2.34. The summed E-state index contributed by atoms with van der Waals surface area (Å²) in [4.78, 5) is 21.2. The highest BCUT2D eigenvalue weighted by atomic mass is 19.4. The second-order valence-electron chi connectivity index (χ2n) is 3.42. The number of carbonyl (C=O) groups excluding carboxylic acids is 1. The maximum Gasteiger partial charge on any atom is 0.573 e. The first-order valence-corrected chi connectivity index (χ1v) is 5.04. The van der Waals surface area contributed by atoms with Gasteiger partial charge in [-0.3, -0.25) is 10.1 Å². The summed E-state index contributed by atoms with van der Waals surface area (Å²) in [6.45, 7) is 0. The third kappa shape index (κ3) is 3.49. The van der Waals surface area contributed by atoms with Crippen LogP contribution in [0.5, 0.6) is 5.75 Å². The van der Waals surface area contributed by atoms with Crippen molar-refractivity contribution in [3.63, 3.8) is 0 Å². The molecule has 0 heterocycles. The van der Waals surface area contributed by atoms with Crippen molar-refractivity contribution in [3.8, 4) is 5.75 Å². The Bertz CT molecular complexity index is 544. The Morgan fingerprint density at radius 1 is 1.40 bits per heavy atom. The Morgan fingerprint density at radius 3 is 2.40 bits per heavy atom. The van der Waals surface area contributed by atoms with E-state index < -0.39 is 39.9 Å². The molecule has 0 aliphatic rings. The van der Waals surface area contributed by atoms with E-state index in [9.17, 15) is 28.1 Å². The van der Waals surface area contributed by atoms with Gasteiger partial charge in [-0.15, -0.1) is 13.2 Å². The molecule has 0 saturated carbocycles. The van der Waals surface area contributed by atoms with Gasteiger partial charge in [-0.2, -0.15) is 0 Å². The van der Waals surface area contributed by atoms with Crippen molar-refractivity contribution in [2.24, 2.45) is 0 Å². The molecule has 0 aliphatic carbocycles. The summed E-state index contributed by atoms with van der Waals surface area (Å²) < 4.78 is 44.8. The summed E-state index contributed by atoms with van der Waals surface area (Å²) in [5.41, 5.74) is -1.67. The lowest BCUT2D eigenvalue weighted by molar-refractivity contribution is -0.384. The van der Waals surface area contributed by atoms with Gasteiger partial charge >= 0.3 is 12.3 Å². The van der Waals surface area contributed by atoms with E-state index in [4.69, 9.17) is 0 Å². The van der Waals surface area contributed by atoms with E-state index in [1.54, 1.807) is 0 Å². The minimum absolute atomic E-state index is 0.433. The van der Waals surface area contributed by atoms with Crippen LogP contribution in [0.4, 0.5) is 24.5 Å². The van der Waals surface area contributed by atoms with E-state index >= 15 is 0 Å². The quantitative estimate of drug-likeness (QED) is 0.520. The normalized spacial score (nSPS) is 10.8. The Balaban J connectivity index is 3.49. The number of alkyl halides is 3. The summed E-state index contributed by atoms with van der Waals surface area (Å²) >= 11 is 0. The van der Waals surface area contributed by atoms with Crippen LogP contribution in [0.1, 0.15) is 10.4 Å². The van der Waals surface area contributed by atoms with E-state index in [2.05, 4.69) is 14.8 Å². The molecule has 0 unspecified atom stereocenters. The first-order chi connectivity index (χ1) is 9.19. The molecule has 20 heavy (non-hydrogen) atoms. The lowest BCUT2D eigenvalue weighted by atomic mass is 10.1. The molecular formula is C10H9F3N2O5. The standard InChI is InChI=1S/C10H9F3N2O5/c1-14-8-6(15(17)18)3-5(9(16)19-2)4-7(8)20-10(11,12)13/h3-4,14H,1-2H3. The van der Waals surface area contributed by atoms with Crippen molar-refractivity contribution >= 4 is 17.3 Å². The highest BCUT2D eigenvalue weighted by Gasteiger charge is 2.34. The predicted molar refractivity (Wildman–Crippen MR) is 60.7 cm³/mol. The molecule has 0 aliphatic heterocycles. The molecule has 0 bridgehead atoms. The van der Waals surface area contributed by atoms with Crippen LogP contribution in [0.15, 0.2) is 12.1 Å². The fourth-order valence-corrected chi connectivity index (χ4v) is 1.44. The number of nitro groups is 1. The number of nitrogens with zero attached hydrogens (tertiary/aromatic N) is 1. The number of anilines is 1. The van der Waals surface area contributed by atoms with Crippen molar-refractivity contribution in [2.45, 2.75) is 6.36 Å². The van der Waals surface area contributed by atoms with E-state index in [0.717, 1.165) is 13.2 Å². The predicted octanol–water partition coefficient (Wildman–Crippen LogP) is 2.32. The van der Waals surface area contributed by atoms with Gasteiger partial charge in [-0.25, -0.2) is 4.79 Å². The van der Waals surface area contributed by atoms with Crippen LogP contribution < -0.4 is 10.1 Å². The number of rotatable bonds is 4. The van der Waals surface area contributed by atoms with Gasteiger partial charge in [-0.1, -0.05) is 0 Å². The average molecular weight is 294 g/mol. The van der Waals surface area contributed by atoms with E-state index in [1.165, 1.54) is 7.05 Å². The molecule has 0 aromatic heterocycles. The van der Waals surface area contributed by atoms with Crippen LogP contribution in [0.2, 0.25) is 0 Å². The van der Waals surface area contributed by atoms with E-state index in [1.807, 2.05) is 0 Å². The largest absolute Gasteiger partial charge is 0.573 e. The molecule has 0 saturated heterocycles. The summed E-state index contributed by atoms with van der Waals surface area (Å²) in [5, 5.41) is 13.1. The number of hydrogen-bond acceptors (Lipinski definition) is 6. The number of methoxy groups -OCH3 is 1. The van der Waals surface area contributed by atoms with Gasteiger partial charge in [0.25, 0.3) is 5.69 Å². The third-order valence-electron chi connectivity index (χ3n) is 2.17. The number of benzene rings is 1. The SMILES string of the molecule is CNc1c(OC(F)(F)F)cc(C(=O)OC)cc1[N+](=O)[O-]. The van der Waals surface area contributed by atoms with E-state index in [-0.39, 0.29) is 0 Å². The zero-order valence-corrected chi connectivity index (χ0v) is 10.3. The number of hydrogen-bond donors (Lipinski definition) is 1. The molecular weight excluding hydrogens is 285 g/mol. The van der Waals surface area contributed by atoms with Gasteiger partial charge in [0.2, 0.25) is 0 Å². The van der Waals surface area contributed by atoms with Crippen LogP contribution in [-0.4, -0.2) is 31.4 Å². The highest BCUT2D eigenvalue weighted by molar-refractivity contribution is 5.92. The fourth-order valence-electron chi connectivity index (χ4n) is 1.44. The monoisotopic (exact) mass is 294 g/mol. The molecule has 10 heteroatoms. The van der Waals surface area contributed by atoms with Gasteiger partial charge < -0.3 is 14.8 Å². The second-order valence-corrected chi connectivity index (χ2v) is 3.42. The Labute approximate surface area is 110 Å². The molecule has 0 spiro atoms. The molecule has 1 aromatic rings. The zero-order valence-electron chi connectivity index (χ0n) is 10.3. The molecule has 110 valence electrons. The molecule has 7 nitrogen and oxygen atoms in total. The van der Waals surface area contributed by atoms with E-state index in [0.29, 0.717) is 6.07 Å². The second kappa shape index (κ2) is 5.63. The summed E-state index contributed by atoms with van der Waals surface area (Å²) in [5.74, 6) is -1.92. The zero-order chi connectivity index (χ0) is 15.5. The molecule has 0 fully saturated rings. The maximum absolute atomic E-state index is 12.3. The smallest absolute Gasteiger partial charge is 0.465 e. The van der Waals surface area contributed by atoms with Gasteiger partial charge in [0.05, 0.1) is 17.6 Å². The van der Waals surface area contributed by atoms with Gasteiger partial charge in [0.15, 0.2) is 11.4 Å². The maximum atomic E-state index is 12.3. The number of halogens is 3. The van der Waals surface area contributed by atoms with Gasteiger partial charge in [0, 0.05) is 13.1 Å². The highest BCUT2D eigenvalue weighted by Crippen LogP contribution is 2.38. The molecule has 1 aromatic carbocycles. The first-order valence-electron chi connectivity index (χ1n) is 5.04. The summed E-state index contributed by atoms with van der Waals surface area (Å²) in [7, 11) is 2.17. The lowest BCUT2D eigenvalue weighted by Crippen LogP contribution is -2.19. The fraction of sp³-hybridized carbons (Fsp3) is 0.300.